The predicted octanol–water partition coefficient (Wildman–Crippen LogP) is 4.16. The largest absolute Gasteiger partial charge is 0.368 e. The number of pyridine rings is 3. The van der Waals surface area contributed by atoms with Gasteiger partial charge in [-0.25, -0.2) is 15.0 Å². The van der Waals surface area contributed by atoms with E-state index in [1.165, 1.54) is 0 Å². The Hall–Kier alpha value is -3.71. The van der Waals surface area contributed by atoms with E-state index < -0.39 is 0 Å². The molecule has 3 aliphatic rings. The van der Waals surface area contributed by atoms with Gasteiger partial charge in [-0.05, 0) is 49.6 Å². The molecule has 4 aromatic rings. The van der Waals surface area contributed by atoms with Crippen LogP contribution in [0.4, 0.5) is 34.6 Å². The lowest BCUT2D eigenvalue weighted by Gasteiger charge is -2.29. The van der Waals surface area contributed by atoms with E-state index in [0.29, 0.717) is 28.9 Å². The van der Waals surface area contributed by atoms with Gasteiger partial charge in [0.25, 0.3) is 5.56 Å². The minimum absolute atomic E-state index is 0. The minimum atomic E-state index is -0.0759. The number of hydrogen-bond acceptors (Lipinski definition) is 11. The summed E-state index contributed by atoms with van der Waals surface area (Å²) >= 11 is 0. The first-order valence-corrected chi connectivity index (χ1v) is 15.4. The molecule has 2 saturated heterocycles. The Bertz CT molecular complexity index is 1630. The fourth-order valence-electron chi connectivity index (χ4n) is 6.42. The van der Waals surface area contributed by atoms with Crippen molar-refractivity contribution in [1.29, 1.82) is 0 Å². The summed E-state index contributed by atoms with van der Waals surface area (Å²) in [5, 5.41) is 14.2. The first kappa shape index (κ1) is 32.7. The van der Waals surface area contributed by atoms with Gasteiger partial charge in [0.1, 0.15) is 23.0 Å². The zero-order valence-electron chi connectivity index (χ0n) is 25.5. The van der Waals surface area contributed by atoms with E-state index >= 15 is 0 Å². The van der Waals surface area contributed by atoms with Gasteiger partial charge in [-0.3, -0.25) is 9.36 Å². The Morgan fingerprint density at radius 2 is 1.31 bits per heavy atom. The first-order valence-electron chi connectivity index (χ1n) is 15.4. The molecule has 3 fully saturated rings. The van der Waals surface area contributed by atoms with Crippen LogP contribution in [-0.2, 0) is 0 Å². The zero-order chi connectivity index (χ0) is 29.2. The third-order valence-electron chi connectivity index (χ3n) is 8.85. The highest BCUT2D eigenvalue weighted by Gasteiger charge is 2.25. The van der Waals surface area contributed by atoms with Crippen LogP contribution in [0.25, 0.3) is 11.0 Å². The molecule has 14 heteroatoms. The molecule has 4 N–H and O–H groups in total. The molecule has 6 heterocycles. The lowest BCUT2D eigenvalue weighted by Crippen LogP contribution is -2.43. The van der Waals surface area contributed by atoms with E-state index in [4.69, 9.17) is 4.98 Å². The molecule has 4 aromatic heterocycles. The zero-order valence-corrected chi connectivity index (χ0v) is 27.1. The summed E-state index contributed by atoms with van der Waals surface area (Å²) in [5.41, 5.74) is 4.10. The summed E-state index contributed by atoms with van der Waals surface area (Å²) in [5.74, 6) is 1.73. The highest BCUT2D eigenvalue weighted by Crippen LogP contribution is 2.33. The number of rotatable bonds is 7. The summed E-state index contributed by atoms with van der Waals surface area (Å²) in [6.45, 7) is 9.69. The molecule has 1 saturated carbocycles. The monoisotopic (exact) mass is 653 g/mol. The molecule has 0 bridgehead atoms. The number of nitrogens with one attached hydrogen (secondary N) is 4. The van der Waals surface area contributed by atoms with Gasteiger partial charge in [-0.1, -0.05) is 12.8 Å². The second-order valence-corrected chi connectivity index (χ2v) is 11.6. The molecule has 240 valence electrons. The number of halogens is 2. The smallest absolute Gasteiger partial charge is 0.276 e. The van der Waals surface area contributed by atoms with E-state index in [9.17, 15) is 4.79 Å². The molecular weight excluding hydrogens is 613 g/mol. The summed E-state index contributed by atoms with van der Waals surface area (Å²) < 4.78 is 1.88. The maximum atomic E-state index is 14.1. The van der Waals surface area contributed by atoms with Crippen molar-refractivity contribution in [3.05, 3.63) is 58.8 Å². The maximum absolute atomic E-state index is 14.1. The second-order valence-electron chi connectivity index (χ2n) is 11.6. The van der Waals surface area contributed by atoms with Crippen LogP contribution in [0, 0.1) is 6.92 Å². The normalized spacial score (nSPS) is 17.1. The number of hydrogen-bond donors (Lipinski definition) is 4. The fourth-order valence-corrected chi connectivity index (χ4v) is 6.42. The summed E-state index contributed by atoms with van der Waals surface area (Å²) in [4.78, 5) is 37.6. The van der Waals surface area contributed by atoms with Gasteiger partial charge >= 0.3 is 0 Å². The molecular formula is C31H41Cl2N11O. The first-order chi connectivity index (χ1) is 21.1. The van der Waals surface area contributed by atoms with Crippen molar-refractivity contribution in [2.24, 2.45) is 0 Å². The number of aryl methyl sites for hydroxylation is 1. The Morgan fingerprint density at radius 3 is 1.84 bits per heavy atom. The van der Waals surface area contributed by atoms with E-state index in [1.54, 1.807) is 0 Å². The van der Waals surface area contributed by atoms with Gasteiger partial charge in [0.15, 0.2) is 0 Å². The van der Waals surface area contributed by atoms with Crippen LogP contribution in [0.5, 0.6) is 0 Å². The second kappa shape index (κ2) is 14.6. The Kier molecular flexibility index (Phi) is 10.6. The lowest BCUT2D eigenvalue weighted by molar-refractivity contribution is 0.516. The third kappa shape index (κ3) is 6.94. The number of anilines is 6. The van der Waals surface area contributed by atoms with E-state index in [2.05, 4.69) is 58.2 Å². The Labute approximate surface area is 275 Å². The van der Waals surface area contributed by atoms with E-state index in [1.807, 2.05) is 42.2 Å². The molecule has 0 amide bonds. The van der Waals surface area contributed by atoms with Crippen LogP contribution < -0.4 is 36.6 Å². The quantitative estimate of drug-likeness (QED) is 0.230. The molecule has 0 aromatic carbocycles. The average molecular weight is 655 g/mol. The molecule has 0 atom stereocenters. The van der Waals surface area contributed by atoms with Gasteiger partial charge < -0.3 is 31.1 Å². The highest BCUT2D eigenvalue weighted by atomic mass is 35.5. The van der Waals surface area contributed by atoms with Gasteiger partial charge in [0.05, 0.1) is 23.8 Å². The molecule has 12 nitrogen and oxygen atoms in total. The lowest BCUT2D eigenvalue weighted by atomic mass is 10.1. The van der Waals surface area contributed by atoms with Crippen LogP contribution in [0.1, 0.15) is 37.3 Å². The Balaban J connectivity index is 0.00000200. The van der Waals surface area contributed by atoms with Crippen LogP contribution in [0.15, 0.2) is 47.7 Å². The van der Waals surface area contributed by atoms with Crippen molar-refractivity contribution in [3.8, 4) is 0 Å². The van der Waals surface area contributed by atoms with Gasteiger partial charge in [-0.2, -0.15) is 4.98 Å². The minimum Gasteiger partial charge on any atom is -0.368 e. The third-order valence-corrected chi connectivity index (χ3v) is 8.85. The van der Waals surface area contributed by atoms with Crippen LogP contribution in [0.2, 0.25) is 0 Å². The van der Waals surface area contributed by atoms with Crippen molar-refractivity contribution in [3.63, 3.8) is 0 Å². The van der Waals surface area contributed by atoms with Gasteiger partial charge in [0, 0.05) is 70.0 Å². The van der Waals surface area contributed by atoms with Gasteiger partial charge in [-0.15, -0.1) is 24.8 Å². The maximum Gasteiger partial charge on any atom is 0.276 e. The summed E-state index contributed by atoms with van der Waals surface area (Å²) in [6.07, 6.45) is 9.69. The number of nitrogens with zero attached hydrogens (tertiary/aromatic N) is 7. The molecule has 2 aliphatic heterocycles. The SMILES string of the molecule is Cc1c(Nc2ccc(N3CCNCC3)cn2)c(=O)n(C2CCCC2)c2nc(Nc3ccc(N4CCNCC4)cn3)ncc12.Cl.Cl. The van der Waals surface area contributed by atoms with Crippen molar-refractivity contribution in [1.82, 2.24) is 35.1 Å². The molecule has 0 unspecified atom stereocenters. The topological polar surface area (TPSA) is 128 Å². The highest BCUT2D eigenvalue weighted by molar-refractivity contribution is 5.86. The molecule has 0 spiro atoms. The molecule has 7 rings (SSSR count). The molecule has 45 heavy (non-hydrogen) atoms. The number of aromatic nitrogens is 5. The summed E-state index contributed by atoms with van der Waals surface area (Å²) in [6, 6.07) is 8.14. The summed E-state index contributed by atoms with van der Waals surface area (Å²) in [7, 11) is 0. The van der Waals surface area contributed by atoms with Crippen LogP contribution in [0.3, 0.4) is 0 Å². The average Bonchev–Trinajstić information content (AvgIpc) is 3.59. The predicted molar refractivity (Wildman–Crippen MR) is 186 cm³/mol. The van der Waals surface area contributed by atoms with Crippen LogP contribution in [-0.4, -0.2) is 76.9 Å². The number of fused-ring (bicyclic) bond motifs is 1. The van der Waals surface area contributed by atoms with Crippen molar-refractivity contribution in [2.75, 3.05) is 72.8 Å². The van der Waals surface area contributed by atoms with Crippen molar-refractivity contribution < 1.29 is 0 Å². The van der Waals surface area contributed by atoms with Gasteiger partial charge in [0.2, 0.25) is 5.95 Å². The molecule has 0 radical (unpaired) electrons. The van der Waals surface area contributed by atoms with Crippen molar-refractivity contribution in [2.45, 2.75) is 38.6 Å². The van der Waals surface area contributed by atoms with Crippen LogP contribution >= 0.6 is 24.8 Å². The molecule has 1 aliphatic carbocycles. The van der Waals surface area contributed by atoms with E-state index in [-0.39, 0.29) is 36.4 Å². The standard InChI is InChI=1S/C31H39N11O.2ClH/c1-21-25-20-36-31(38-27-9-7-24(19-35-27)41-16-12-33-13-17-41)39-29(25)42(22-4-2-3-5-22)30(43)28(21)37-26-8-6-23(18-34-26)40-14-10-32-11-15-40;;/h6-9,18-20,22,32-33H,2-5,10-17H2,1H3,(H,34,37)(H,35,36,38,39);2*1H. The Morgan fingerprint density at radius 1 is 0.756 bits per heavy atom. The van der Waals surface area contributed by atoms with Crippen molar-refractivity contribution >= 4 is 70.5 Å². The number of piperazine rings is 2. The fraction of sp³-hybridized carbons (Fsp3) is 0.452. The van der Waals surface area contributed by atoms with E-state index in [0.717, 1.165) is 100 Å².